The number of aliphatic hydroxyl groups excluding tert-OH is 1. The van der Waals surface area contributed by atoms with Gasteiger partial charge in [0.25, 0.3) is 0 Å². The Morgan fingerprint density at radius 2 is 0.467 bits per heavy atom. The lowest BCUT2D eigenvalue weighted by Gasteiger charge is -2.15. The number of rotatable bonds is 72. The summed E-state index contributed by atoms with van der Waals surface area (Å²) in [5, 5.41) is 9.73. The van der Waals surface area contributed by atoms with E-state index in [0.717, 1.165) is 109 Å². The van der Waals surface area contributed by atoms with Gasteiger partial charge in [-0.25, -0.2) is 0 Å². The molecule has 0 aliphatic rings. The summed E-state index contributed by atoms with van der Waals surface area (Å²) in [7, 11) is 0. The highest BCUT2D eigenvalue weighted by Crippen LogP contribution is 2.18. The Morgan fingerprint density at radius 1 is 0.261 bits per heavy atom. The summed E-state index contributed by atoms with van der Waals surface area (Å²) in [5.41, 5.74) is 0. The molecule has 0 aromatic rings. The van der Waals surface area contributed by atoms with Crippen LogP contribution in [0.4, 0.5) is 0 Å². The van der Waals surface area contributed by atoms with Crippen LogP contribution >= 0.6 is 0 Å². The zero-order chi connectivity index (χ0) is 66.1. The van der Waals surface area contributed by atoms with Crippen LogP contribution in [0.2, 0.25) is 0 Å². The summed E-state index contributed by atoms with van der Waals surface area (Å²) in [6.07, 6.45) is 122. The van der Waals surface area contributed by atoms with Crippen molar-refractivity contribution in [3.63, 3.8) is 0 Å². The van der Waals surface area contributed by atoms with Gasteiger partial charge in [-0.15, -0.1) is 0 Å². The number of hydrogen-bond donors (Lipinski definition) is 1. The van der Waals surface area contributed by atoms with E-state index in [9.17, 15) is 14.7 Å². The quantitative estimate of drug-likeness (QED) is 0.0373. The normalized spacial score (nSPS) is 13.0. The second-order valence-electron chi connectivity index (χ2n) is 26.1. The first-order chi connectivity index (χ1) is 45.6. The Morgan fingerprint density at radius 3 is 0.707 bits per heavy atom. The van der Waals surface area contributed by atoms with Gasteiger partial charge in [0, 0.05) is 12.8 Å². The molecule has 0 fully saturated rings. The first-order valence-corrected chi connectivity index (χ1v) is 39.4. The van der Waals surface area contributed by atoms with Crippen LogP contribution in [-0.2, 0) is 19.1 Å². The van der Waals surface area contributed by atoms with E-state index in [0.29, 0.717) is 12.8 Å². The predicted octanol–water partition coefficient (Wildman–Crippen LogP) is 28.0. The molecule has 0 aromatic heterocycles. The smallest absolute Gasteiger partial charge is 0.306 e. The minimum Gasteiger partial charge on any atom is -0.462 e. The molecular weight excluding hydrogens is 1120 g/mol. The Hall–Kier alpha value is -4.22. The average Bonchev–Trinajstić information content (AvgIpc) is 3.75. The second kappa shape index (κ2) is 81.0. The number of allylic oxidation sites excluding steroid dienone is 24. The van der Waals surface area contributed by atoms with Crippen LogP contribution in [0.1, 0.15) is 373 Å². The van der Waals surface area contributed by atoms with E-state index in [1.807, 2.05) is 0 Å². The first-order valence-electron chi connectivity index (χ1n) is 39.4. The highest BCUT2D eigenvalue weighted by atomic mass is 16.6. The van der Waals surface area contributed by atoms with Crippen molar-refractivity contribution in [2.24, 2.45) is 0 Å². The number of carbonyl (C=O) groups excluding carboxylic acids is 2. The van der Waals surface area contributed by atoms with Gasteiger partial charge in [0.2, 0.25) is 0 Å². The van der Waals surface area contributed by atoms with Crippen molar-refractivity contribution in [1.82, 2.24) is 0 Å². The Kier molecular flexibility index (Phi) is 77.3. The van der Waals surface area contributed by atoms with Gasteiger partial charge >= 0.3 is 11.9 Å². The molecular formula is C87H148O5. The maximum Gasteiger partial charge on any atom is 0.306 e. The Bertz CT molecular complexity index is 1880. The van der Waals surface area contributed by atoms with Gasteiger partial charge in [0.15, 0.2) is 6.10 Å². The van der Waals surface area contributed by atoms with Gasteiger partial charge < -0.3 is 14.6 Å². The van der Waals surface area contributed by atoms with Gasteiger partial charge in [-0.05, 0) is 122 Å². The fourth-order valence-corrected chi connectivity index (χ4v) is 11.3. The molecule has 0 bridgehead atoms. The number of carbonyl (C=O) groups is 2. The van der Waals surface area contributed by atoms with Gasteiger partial charge in [0.05, 0.1) is 6.61 Å². The molecule has 0 amide bonds. The van der Waals surface area contributed by atoms with Gasteiger partial charge in [-0.1, -0.05) is 384 Å². The molecule has 0 aliphatic carbocycles. The van der Waals surface area contributed by atoms with Crippen LogP contribution in [0, 0.1) is 0 Å². The van der Waals surface area contributed by atoms with Gasteiger partial charge in [-0.2, -0.15) is 0 Å². The third-order valence-corrected chi connectivity index (χ3v) is 17.1. The van der Waals surface area contributed by atoms with Crippen LogP contribution in [0.3, 0.4) is 0 Å². The van der Waals surface area contributed by atoms with E-state index in [1.54, 1.807) is 0 Å². The third-order valence-electron chi connectivity index (χ3n) is 17.1. The topological polar surface area (TPSA) is 72.8 Å². The summed E-state index contributed by atoms with van der Waals surface area (Å²) in [6, 6.07) is 0. The lowest BCUT2D eigenvalue weighted by Crippen LogP contribution is -2.28. The zero-order valence-corrected chi connectivity index (χ0v) is 60.5. The molecule has 0 heterocycles. The first kappa shape index (κ1) is 87.8. The Balaban J connectivity index is 3.47. The fraction of sp³-hybridized carbons (Fsp3) is 0.701. The predicted molar refractivity (Wildman–Crippen MR) is 408 cm³/mol. The molecule has 0 rings (SSSR count). The van der Waals surface area contributed by atoms with Gasteiger partial charge in [0.1, 0.15) is 6.61 Å². The summed E-state index contributed by atoms with van der Waals surface area (Å²) in [4.78, 5) is 24.7. The molecule has 1 atom stereocenters. The molecule has 5 nitrogen and oxygen atoms in total. The summed E-state index contributed by atoms with van der Waals surface area (Å²) >= 11 is 0. The maximum absolute atomic E-state index is 12.4. The van der Waals surface area contributed by atoms with E-state index < -0.39 is 6.10 Å². The zero-order valence-electron chi connectivity index (χ0n) is 60.5. The second-order valence-corrected chi connectivity index (χ2v) is 26.1. The van der Waals surface area contributed by atoms with Crippen LogP contribution in [-0.4, -0.2) is 36.4 Å². The minimum atomic E-state index is -0.783. The number of unbranched alkanes of at least 4 members (excludes halogenated alkanes) is 40. The van der Waals surface area contributed by atoms with Crippen molar-refractivity contribution < 1.29 is 24.2 Å². The van der Waals surface area contributed by atoms with E-state index in [4.69, 9.17) is 9.47 Å². The highest BCUT2D eigenvalue weighted by Gasteiger charge is 2.16. The van der Waals surface area contributed by atoms with Crippen molar-refractivity contribution >= 4 is 11.9 Å². The van der Waals surface area contributed by atoms with Gasteiger partial charge in [-0.3, -0.25) is 9.59 Å². The molecule has 0 aliphatic heterocycles. The summed E-state index contributed by atoms with van der Waals surface area (Å²) in [6.45, 7) is 4.04. The van der Waals surface area contributed by atoms with Crippen molar-refractivity contribution in [3.8, 4) is 0 Å². The largest absolute Gasteiger partial charge is 0.462 e. The van der Waals surface area contributed by atoms with Crippen molar-refractivity contribution in [2.75, 3.05) is 13.2 Å². The van der Waals surface area contributed by atoms with Crippen molar-refractivity contribution in [3.05, 3.63) is 146 Å². The summed E-state index contributed by atoms with van der Waals surface area (Å²) < 4.78 is 10.8. The van der Waals surface area contributed by atoms with Crippen LogP contribution < -0.4 is 0 Å². The lowest BCUT2D eigenvalue weighted by molar-refractivity contribution is -0.161. The molecule has 0 saturated carbocycles. The minimum absolute atomic E-state index is 0.0697. The maximum atomic E-state index is 12.4. The Labute approximate surface area is 571 Å². The number of hydrogen-bond acceptors (Lipinski definition) is 5. The fourth-order valence-electron chi connectivity index (χ4n) is 11.3. The SMILES string of the molecule is CC/C=C\C/C=C\C/C=C\C/C=C\C/C=C\C/C=C\C/C=C\C/C=C\C/C=C\CCCCCCCCCCCCCC(=O)OC(CO)COC(=O)CCCCCCCCCCCCCCCCCCCCCCCCCC/C=C\C/C=C\C/C=C\CCCCCCC. The highest BCUT2D eigenvalue weighted by molar-refractivity contribution is 5.70. The van der Waals surface area contributed by atoms with E-state index in [-0.39, 0.29) is 25.2 Å². The third kappa shape index (κ3) is 78.2. The molecule has 5 heteroatoms. The average molecular weight is 1270 g/mol. The van der Waals surface area contributed by atoms with Crippen molar-refractivity contribution in [2.45, 2.75) is 380 Å². The molecule has 526 valence electrons. The molecule has 0 saturated heterocycles. The number of aliphatic hydroxyl groups is 1. The summed E-state index contributed by atoms with van der Waals surface area (Å²) in [5.74, 6) is -0.585. The number of esters is 2. The molecule has 1 unspecified atom stereocenters. The van der Waals surface area contributed by atoms with Crippen LogP contribution in [0.5, 0.6) is 0 Å². The van der Waals surface area contributed by atoms with E-state index >= 15 is 0 Å². The monoisotopic (exact) mass is 1270 g/mol. The molecule has 0 aromatic carbocycles. The van der Waals surface area contributed by atoms with E-state index in [2.05, 4.69) is 160 Å². The molecule has 0 radical (unpaired) electrons. The lowest BCUT2D eigenvalue weighted by atomic mass is 10.0. The van der Waals surface area contributed by atoms with Crippen LogP contribution in [0.25, 0.3) is 0 Å². The standard InChI is InChI=1S/C87H148O5/c1-3-5-7-9-11-13-15-17-19-21-23-25-27-29-31-33-35-37-39-41-43-45-47-49-51-53-55-57-59-61-63-65-67-69-71-73-75-77-79-81-86(89)91-84-85(83-88)92-87(90)82-80-78-76-74-72-70-68-66-64-62-60-58-56-54-52-50-48-46-44-42-40-38-36-34-32-30-28-26-24-22-20-18-16-14-12-10-8-6-4-2/h6,8,12,14-15,17-18,20-21,23-24,26-27,29-30,32,36,38,42,44,48,50,54,56,85,88H,3-5,7,9-11,13,16,19,22,25,28,31,33-35,37,39-41,43,45-47,49,51-53,55,57-84H2,1-2H3/b8-6-,14-12-,17-15-,20-18-,23-21-,26-24-,29-27-,32-30-,38-36-,44-42-,50-48-,56-54-. The molecule has 1 N–H and O–H groups in total. The molecule has 92 heavy (non-hydrogen) atoms. The molecule has 0 spiro atoms. The van der Waals surface area contributed by atoms with Crippen LogP contribution in [0.15, 0.2) is 146 Å². The van der Waals surface area contributed by atoms with Crippen molar-refractivity contribution in [1.29, 1.82) is 0 Å². The number of ether oxygens (including phenoxy) is 2. The van der Waals surface area contributed by atoms with E-state index in [1.165, 1.54) is 238 Å².